The van der Waals surface area contributed by atoms with Crippen LogP contribution in [0.5, 0.6) is 0 Å². The molecule has 1 unspecified atom stereocenters. The number of nitrogens with two attached hydrogens (primary N) is 1. The molecule has 0 aliphatic heterocycles. The molecule has 0 saturated heterocycles. The summed E-state index contributed by atoms with van der Waals surface area (Å²) in [5.41, 5.74) is 8.45. The third-order valence-corrected chi connectivity index (χ3v) is 2.82. The molecule has 1 atom stereocenters. The van der Waals surface area contributed by atoms with E-state index in [0.29, 0.717) is 5.02 Å². The third-order valence-electron chi connectivity index (χ3n) is 2.52. The van der Waals surface area contributed by atoms with Crippen molar-refractivity contribution in [3.05, 3.63) is 34.2 Å². The zero-order valence-corrected chi connectivity index (χ0v) is 9.32. The van der Waals surface area contributed by atoms with Crippen molar-refractivity contribution in [2.45, 2.75) is 19.9 Å². The summed E-state index contributed by atoms with van der Waals surface area (Å²) in [6, 6.07) is 2.62. The van der Waals surface area contributed by atoms with Gasteiger partial charge >= 0.3 is 0 Å². The normalized spacial score (nSPS) is 13.4. The molecule has 2 rings (SSSR count). The Bertz CT molecular complexity index is 517. The maximum Gasteiger partial charge on any atom is 0.125 e. The van der Waals surface area contributed by atoms with E-state index < -0.39 is 0 Å². The van der Waals surface area contributed by atoms with Gasteiger partial charge in [0.2, 0.25) is 0 Å². The molecule has 1 aromatic heterocycles. The summed E-state index contributed by atoms with van der Waals surface area (Å²) in [4.78, 5) is 3.13. The summed E-state index contributed by atoms with van der Waals surface area (Å²) in [5, 5.41) is 1.16. The standard InChI is InChI=1S/C11H12ClFN2/c1-5(14)10-6(2)15-11-8(10)3-7(13)4-9(11)12/h3-5,15H,14H2,1-2H3. The summed E-state index contributed by atoms with van der Waals surface area (Å²) < 4.78 is 13.2. The second-order valence-corrected chi connectivity index (χ2v) is 4.17. The number of nitrogens with one attached hydrogen (secondary N) is 1. The van der Waals surface area contributed by atoms with Gasteiger partial charge in [0, 0.05) is 17.1 Å². The Labute approximate surface area is 92.2 Å². The number of benzene rings is 1. The largest absolute Gasteiger partial charge is 0.357 e. The van der Waals surface area contributed by atoms with Crippen molar-refractivity contribution < 1.29 is 4.39 Å². The van der Waals surface area contributed by atoms with Gasteiger partial charge in [-0.05, 0) is 31.5 Å². The maximum absolute atomic E-state index is 13.2. The van der Waals surface area contributed by atoms with Crippen LogP contribution in [-0.4, -0.2) is 4.98 Å². The molecule has 0 spiro atoms. The van der Waals surface area contributed by atoms with Crippen molar-refractivity contribution in [3.63, 3.8) is 0 Å². The number of fused-ring (bicyclic) bond motifs is 1. The average Bonchev–Trinajstić information content (AvgIpc) is 2.41. The fourth-order valence-electron chi connectivity index (χ4n) is 1.96. The van der Waals surface area contributed by atoms with Gasteiger partial charge in [-0.1, -0.05) is 11.6 Å². The van der Waals surface area contributed by atoms with Crippen molar-refractivity contribution in [3.8, 4) is 0 Å². The zero-order valence-electron chi connectivity index (χ0n) is 8.57. The molecule has 80 valence electrons. The summed E-state index contributed by atoms with van der Waals surface area (Å²) in [7, 11) is 0. The molecular weight excluding hydrogens is 215 g/mol. The molecule has 1 aromatic carbocycles. The van der Waals surface area contributed by atoms with E-state index in [1.165, 1.54) is 12.1 Å². The van der Waals surface area contributed by atoms with E-state index in [9.17, 15) is 4.39 Å². The quantitative estimate of drug-likeness (QED) is 0.770. The van der Waals surface area contributed by atoms with Crippen molar-refractivity contribution in [2.24, 2.45) is 5.73 Å². The molecule has 0 aliphatic rings. The molecule has 4 heteroatoms. The molecular formula is C11H12ClFN2. The van der Waals surface area contributed by atoms with Crippen LogP contribution in [0.1, 0.15) is 24.2 Å². The van der Waals surface area contributed by atoms with Crippen molar-refractivity contribution in [2.75, 3.05) is 0 Å². The highest BCUT2D eigenvalue weighted by atomic mass is 35.5. The molecule has 0 radical (unpaired) electrons. The van der Waals surface area contributed by atoms with E-state index in [4.69, 9.17) is 17.3 Å². The molecule has 15 heavy (non-hydrogen) atoms. The Morgan fingerprint density at radius 1 is 1.47 bits per heavy atom. The average molecular weight is 227 g/mol. The summed E-state index contributed by atoms with van der Waals surface area (Å²) >= 11 is 5.94. The highest BCUT2D eigenvalue weighted by Gasteiger charge is 2.14. The van der Waals surface area contributed by atoms with Gasteiger partial charge in [0.1, 0.15) is 5.82 Å². The Balaban J connectivity index is 2.86. The fraction of sp³-hybridized carbons (Fsp3) is 0.273. The molecule has 0 bridgehead atoms. The molecule has 0 aliphatic carbocycles. The number of aromatic nitrogens is 1. The van der Waals surface area contributed by atoms with Crippen molar-refractivity contribution >= 4 is 22.5 Å². The molecule has 0 amide bonds. The van der Waals surface area contributed by atoms with Crippen LogP contribution in [0, 0.1) is 12.7 Å². The van der Waals surface area contributed by atoms with E-state index in [-0.39, 0.29) is 11.9 Å². The first kappa shape index (κ1) is 10.5. The Kier molecular flexibility index (Phi) is 2.44. The van der Waals surface area contributed by atoms with Crippen LogP contribution in [0.25, 0.3) is 10.9 Å². The minimum atomic E-state index is -0.339. The van der Waals surface area contributed by atoms with Gasteiger partial charge < -0.3 is 10.7 Å². The molecule has 0 saturated carbocycles. The van der Waals surface area contributed by atoms with E-state index >= 15 is 0 Å². The lowest BCUT2D eigenvalue weighted by Crippen LogP contribution is -2.05. The lowest BCUT2D eigenvalue weighted by Gasteiger charge is -2.05. The second kappa shape index (κ2) is 3.51. The zero-order chi connectivity index (χ0) is 11.2. The molecule has 2 nitrogen and oxygen atoms in total. The van der Waals surface area contributed by atoms with Gasteiger partial charge in [0.05, 0.1) is 10.5 Å². The van der Waals surface area contributed by atoms with Crippen LogP contribution < -0.4 is 5.73 Å². The SMILES string of the molecule is Cc1[nH]c2c(Cl)cc(F)cc2c1C(C)N. The lowest BCUT2D eigenvalue weighted by molar-refractivity contribution is 0.629. The number of rotatable bonds is 1. The number of hydrogen-bond acceptors (Lipinski definition) is 1. The van der Waals surface area contributed by atoms with Crippen molar-refractivity contribution in [1.29, 1.82) is 0 Å². The molecule has 1 heterocycles. The Morgan fingerprint density at radius 3 is 2.73 bits per heavy atom. The van der Waals surface area contributed by atoms with Gasteiger partial charge in [-0.15, -0.1) is 0 Å². The first-order chi connectivity index (χ1) is 7.00. The highest BCUT2D eigenvalue weighted by molar-refractivity contribution is 6.35. The molecule has 3 N–H and O–H groups in total. The predicted molar refractivity (Wildman–Crippen MR) is 60.6 cm³/mol. The summed E-state index contributed by atoms with van der Waals surface area (Å²) in [6.07, 6.45) is 0. The fourth-order valence-corrected chi connectivity index (χ4v) is 2.21. The van der Waals surface area contributed by atoms with Crippen LogP contribution in [0.2, 0.25) is 5.02 Å². The van der Waals surface area contributed by atoms with Crippen LogP contribution in [-0.2, 0) is 0 Å². The van der Waals surface area contributed by atoms with E-state index in [1.54, 1.807) is 0 Å². The topological polar surface area (TPSA) is 41.8 Å². The van der Waals surface area contributed by atoms with E-state index in [0.717, 1.165) is 22.2 Å². The molecule has 2 aromatic rings. The van der Waals surface area contributed by atoms with Gasteiger partial charge in [-0.25, -0.2) is 4.39 Å². The first-order valence-electron chi connectivity index (χ1n) is 4.73. The minimum Gasteiger partial charge on any atom is -0.357 e. The second-order valence-electron chi connectivity index (χ2n) is 3.76. The van der Waals surface area contributed by atoms with Crippen LogP contribution in [0.15, 0.2) is 12.1 Å². The van der Waals surface area contributed by atoms with E-state index in [2.05, 4.69) is 4.98 Å². The summed E-state index contributed by atoms with van der Waals surface area (Å²) in [6.45, 7) is 3.78. The lowest BCUT2D eigenvalue weighted by atomic mass is 10.1. The number of aromatic amines is 1. The minimum absolute atomic E-state index is 0.142. The Hall–Kier alpha value is -1.06. The van der Waals surface area contributed by atoms with E-state index in [1.807, 2.05) is 13.8 Å². The highest BCUT2D eigenvalue weighted by Crippen LogP contribution is 2.31. The maximum atomic E-state index is 13.2. The van der Waals surface area contributed by atoms with Crippen LogP contribution in [0.4, 0.5) is 4.39 Å². The third kappa shape index (κ3) is 1.62. The van der Waals surface area contributed by atoms with Crippen LogP contribution in [0.3, 0.4) is 0 Å². The summed E-state index contributed by atoms with van der Waals surface area (Å²) in [5.74, 6) is -0.339. The number of halogens is 2. The van der Waals surface area contributed by atoms with Gasteiger partial charge in [0.15, 0.2) is 0 Å². The number of H-pyrrole nitrogens is 1. The monoisotopic (exact) mass is 226 g/mol. The number of aryl methyl sites for hydroxylation is 1. The first-order valence-corrected chi connectivity index (χ1v) is 5.11. The van der Waals surface area contributed by atoms with Gasteiger partial charge in [-0.3, -0.25) is 0 Å². The van der Waals surface area contributed by atoms with Crippen molar-refractivity contribution in [1.82, 2.24) is 4.98 Å². The predicted octanol–water partition coefficient (Wildman–Crippen LogP) is 3.29. The Morgan fingerprint density at radius 2 is 2.13 bits per heavy atom. The number of hydrogen-bond donors (Lipinski definition) is 2. The van der Waals surface area contributed by atoms with Gasteiger partial charge in [0.25, 0.3) is 0 Å². The smallest absolute Gasteiger partial charge is 0.125 e. The van der Waals surface area contributed by atoms with Gasteiger partial charge in [-0.2, -0.15) is 0 Å². The molecule has 0 fully saturated rings. The van der Waals surface area contributed by atoms with Crippen LogP contribution >= 0.6 is 11.6 Å².